The average Bonchev–Trinajstić information content (AvgIpc) is 2.66. The fraction of sp³-hybridized carbons (Fsp3) is 0.100. The Morgan fingerprint density at radius 3 is 2.61 bits per heavy atom. The highest BCUT2D eigenvalue weighted by Crippen LogP contribution is 2.45. The van der Waals surface area contributed by atoms with Gasteiger partial charge in [0.15, 0.2) is 0 Å². The van der Waals surface area contributed by atoms with Gasteiger partial charge in [-0.1, -0.05) is 41.7 Å². The third kappa shape index (κ3) is 2.80. The summed E-state index contributed by atoms with van der Waals surface area (Å²) in [6.07, 6.45) is -4.56. The van der Waals surface area contributed by atoms with Gasteiger partial charge in [-0.25, -0.2) is 0 Å². The predicted octanol–water partition coefficient (Wildman–Crippen LogP) is 4.50. The molecule has 2 aromatic carbocycles. The molecule has 2 heterocycles. The number of benzene rings is 2. The predicted molar refractivity (Wildman–Crippen MR) is 98.8 cm³/mol. The summed E-state index contributed by atoms with van der Waals surface area (Å²) in [5.41, 5.74) is 5.22. The van der Waals surface area contributed by atoms with Crippen LogP contribution in [-0.2, 0) is 6.18 Å². The molecule has 0 saturated carbocycles. The first kappa shape index (κ1) is 18.1. The normalized spacial score (nSPS) is 16.4. The number of halogens is 3. The van der Waals surface area contributed by atoms with Crippen molar-refractivity contribution in [1.82, 2.24) is 0 Å². The van der Waals surface area contributed by atoms with E-state index in [1.807, 2.05) is 6.07 Å². The van der Waals surface area contributed by atoms with Crippen molar-refractivity contribution >= 4 is 21.4 Å². The molecule has 0 bridgehead atoms. The van der Waals surface area contributed by atoms with Crippen LogP contribution in [0.5, 0.6) is 5.75 Å². The highest BCUT2D eigenvalue weighted by Gasteiger charge is 2.36. The zero-order valence-electron chi connectivity index (χ0n) is 14.1. The lowest BCUT2D eigenvalue weighted by atomic mass is 9.83. The first-order valence-electron chi connectivity index (χ1n) is 8.11. The van der Waals surface area contributed by atoms with Crippen LogP contribution in [0.3, 0.4) is 0 Å². The molecule has 8 heteroatoms. The Bertz CT molecular complexity index is 1240. The van der Waals surface area contributed by atoms with Crippen LogP contribution in [0, 0.1) is 11.3 Å². The fourth-order valence-corrected chi connectivity index (χ4v) is 4.23. The maximum Gasteiger partial charge on any atom is 0.416 e. The van der Waals surface area contributed by atoms with E-state index in [0.717, 1.165) is 23.5 Å². The monoisotopic (exact) mass is 400 g/mol. The van der Waals surface area contributed by atoms with E-state index in [1.165, 1.54) is 12.1 Å². The Morgan fingerprint density at radius 2 is 1.89 bits per heavy atom. The molecule has 1 atom stereocenters. The maximum atomic E-state index is 13.2. The van der Waals surface area contributed by atoms with E-state index in [-0.39, 0.29) is 28.3 Å². The van der Waals surface area contributed by atoms with Gasteiger partial charge < -0.3 is 10.5 Å². The Balaban J connectivity index is 2.05. The summed E-state index contributed by atoms with van der Waals surface area (Å²) in [7, 11) is 0. The van der Waals surface area contributed by atoms with Gasteiger partial charge in [0, 0.05) is 10.1 Å². The molecule has 4 nitrogen and oxygen atoms in total. The second-order valence-corrected chi connectivity index (χ2v) is 7.19. The molecule has 140 valence electrons. The van der Waals surface area contributed by atoms with E-state index in [1.54, 1.807) is 24.3 Å². The summed E-state index contributed by atoms with van der Waals surface area (Å²) in [4.78, 5) is 12.9. The smallest absolute Gasteiger partial charge is 0.416 e. The van der Waals surface area contributed by atoms with Crippen molar-refractivity contribution < 1.29 is 17.9 Å². The molecule has 0 amide bonds. The van der Waals surface area contributed by atoms with Gasteiger partial charge in [-0.2, -0.15) is 18.4 Å². The first-order chi connectivity index (χ1) is 13.3. The molecular weight excluding hydrogens is 389 g/mol. The zero-order valence-corrected chi connectivity index (χ0v) is 14.9. The second kappa shape index (κ2) is 6.39. The van der Waals surface area contributed by atoms with E-state index in [2.05, 4.69) is 0 Å². The lowest BCUT2D eigenvalue weighted by Gasteiger charge is -2.26. The molecule has 0 aliphatic carbocycles. The number of rotatable bonds is 1. The minimum Gasteiger partial charge on any atom is -0.439 e. The molecule has 1 aliphatic rings. The van der Waals surface area contributed by atoms with Gasteiger partial charge in [0.25, 0.3) is 0 Å². The van der Waals surface area contributed by atoms with E-state index in [9.17, 15) is 23.2 Å². The van der Waals surface area contributed by atoms with Gasteiger partial charge in [-0.05, 0) is 23.8 Å². The molecule has 4 rings (SSSR count). The number of allylic oxidation sites excluding steroid dienone is 1. The third-order valence-corrected chi connectivity index (χ3v) is 5.50. The van der Waals surface area contributed by atoms with Crippen molar-refractivity contribution in [3.05, 3.63) is 86.2 Å². The summed E-state index contributed by atoms with van der Waals surface area (Å²) in [5, 5.41) is 10.2. The minimum absolute atomic E-state index is 0.0913. The van der Waals surface area contributed by atoms with E-state index < -0.39 is 22.4 Å². The van der Waals surface area contributed by atoms with Crippen molar-refractivity contribution in [2.75, 3.05) is 0 Å². The lowest BCUT2D eigenvalue weighted by Crippen LogP contribution is -2.25. The van der Waals surface area contributed by atoms with Crippen LogP contribution in [0.25, 0.3) is 10.1 Å². The van der Waals surface area contributed by atoms with E-state index in [4.69, 9.17) is 10.5 Å². The van der Waals surface area contributed by atoms with Crippen LogP contribution in [0.1, 0.15) is 22.6 Å². The highest BCUT2D eigenvalue weighted by atomic mass is 32.1. The molecular formula is C20H11F3N2O2S. The van der Waals surface area contributed by atoms with Crippen LogP contribution in [0.2, 0.25) is 0 Å². The van der Waals surface area contributed by atoms with Crippen molar-refractivity contribution in [1.29, 1.82) is 5.26 Å². The summed E-state index contributed by atoms with van der Waals surface area (Å²) in [6, 6.07) is 13.4. The molecule has 3 aromatic rings. The second-order valence-electron chi connectivity index (χ2n) is 6.18. The Hall–Kier alpha value is -3.31. The molecule has 2 N–H and O–H groups in total. The standard InChI is InChI=1S/C20H11F3N2O2S/c21-20(22,23)11-5-3-4-10(8-11)15-13(9-24)18(25)27-17-12-6-1-2-7-14(12)28-19(26)16(15)17/h1-8,15H,25H2/t15-/m1/s1. The van der Waals surface area contributed by atoms with Gasteiger partial charge in [0.2, 0.25) is 10.6 Å². The lowest BCUT2D eigenvalue weighted by molar-refractivity contribution is -0.137. The molecule has 0 fully saturated rings. The Labute approximate surface area is 160 Å². The minimum atomic E-state index is -4.56. The largest absolute Gasteiger partial charge is 0.439 e. The van der Waals surface area contributed by atoms with Crippen LogP contribution in [0.15, 0.2) is 64.8 Å². The SMILES string of the molecule is N#CC1=C(N)Oc2c(c(=O)sc3ccccc23)[C@@H]1c1cccc(C(F)(F)F)c1. The summed E-state index contributed by atoms with van der Waals surface area (Å²) >= 11 is 0.948. The van der Waals surface area contributed by atoms with Crippen molar-refractivity contribution in [3.63, 3.8) is 0 Å². The molecule has 0 unspecified atom stereocenters. The number of hydrogen-bond acceptors (Lipinski definition) is 5. The summed E-state index contributed by atoms with van der Waals surface area (Å²) < 4.78 is 45.4. The molecule has 1 aliphatic heterocycles. The third-order valence-electron chi connectivity index (χ3n) is 4.52. The number of alkyl halides is 3. The van der Waals surface area contributed by atoms with Gasteiger partial charge in [0.1, 0.15) is 17.4 Å². The molecule has 1 aromatic heterocycles. The van der Waals surface area contributed by atoms with Crippen molar-refractivity contribution in [2.24, 2.45) is 5.73 Å². The summed E-state index contributed by atoms with van der Waals surface area (Å²) in [5.74, 6) is -1.08. The van der Waals surface area contributed by atoms with Crippen LogP contribution in [-0.4, -0.2) is 0 Å². The average molecular weight is 400 g/mol. The first-order valence-corrected chi connectivity index (χ1v) is 8.93. The number of fused-ring (bicyclic) bond motifs is 3. The Morgan fingerprint density at radius 1 is 1.14 bits per heavy atom. The number of hydrogen-bond donors (Lipinski definition) is 1. The van der Waals surface area contributed by atoms with Gasteiger partial charge in [-0.3, -0.25) is 4.79 Å². The molecule has 0 spiro atoms. The molecule has 0 radical (unpaired) electrons. The molecule has 0 saturated heterocycles. The fourth-order valence-electron chi connectivity index (χ4n) is 3.29. The van der Waals surface area contributed by atoms with Gasteiger partial charge in [0.05, 0.1) is 17.0 Å². The van der Waals surface area contributed by atoms with E-state index in [0.29, 0.717) is 10.1 Å². The topological polar surface area (TPSA) is 76.1 Å². The number of ether oxygens (including phenoxy) is 1. The highest BCUT2D eigenvalue weighted by molar-refractivity contribution is 7.16. The van der Waals surface area contributed by atoms with Gasteiger partial charge in [-0.15, -0.1) is 0 Å². The maximum absolute atomic E-state index is 13.2. The van der Waals surface area contributed by atoms with Crippen molar-refractivity contribution in [3.8, 4) is 11.8 Å². The zero-order chi connectivity index (χ0) is 20.1. The summed E-state index contributed by atoms with van der Waals surface area (Å²) in [6.45, 7) is 0. The Kier molecular flexibility index (Phi) is 4.12. The van der Waals surface area contributed by atoms with Crippen LogP contribution >= 0.6 is 11.3 Å². The number of nitrogens with two attached hydrogens (primary N) is 1. The number of nitriles is 1. The number of nitrogens with zero attached hydrogens (tertiary/aromatic N) is 1. The van der Waals surface area contributed by atoms with E-state index >= 15 is 0 Å². The quantitative estimate of drug-likeness (QED) is 0.653. The molecule has 28 heavy (non-hydrogen) atoms. The van der Waals surface area contributed by atoms with Crippen LogP contribution < -0.4 is 15.2 Å². The van der Waals surface area contributed by atoms with Crippen LogP contribution in [0.4, 0.5) is 13.2 Å². The van der Waals surface area contributed by atoms with Gasteiger partial charge >= 0.3 is 6.18 Å². The van der Waals surface area contributed by atoms with Crippen molar-refractivity contribution in [2.45, 2.75) is 12.1 Å².